The molecule has 4 rings (SSSR count). The lowest BCUT2D eigenvalue weighted by Gasteiger charge is -2.33. The molecule has 1 fully saturated rings. The molecule has 1 saturated heterocycles. The van der Waals surface area contributed by atoms with E-state index in [1.807, 2.05) is 0 Å². The van der Waals surface area contributed by atoms with Crippen LogP contribution in [-0.4, -0.2) is 75.8 Å². The van der Waals surface area contributed by atoms with Crippen molar-refractivity contribution in [1.29, 1.82) is 0 Å². The number of benzene rings is 2. The van der Waals surface area contributed by atoms with E-state index in [-0.39, 0.29) is 35.1 Å². The van der Waals surface area contributed by atoms with Gasteiger partial charge in [-0.3, -0.25) is 9.59 Å². The van der Waals surface area contributed by atoms with Crippen molar-refractivity contribution in [3.05, 3.63) is 59.7 Å². The molecule has 0 atom stereocenters. The monoisotopic (exact) mass is 487 g/mol. The predicted molar refractivity (Wildman–Crippen MR) is 119 cm³/mol. The lowest BCUT2D eigenvalue weighted by molar-refractivity contribution is -0.129. The number of piperazine rings is 1. The van der Waals surface area contributed by atoms with E-state index in [9.17, 15) is 22.4 Å². The highest BCUT2D eigenvalue weighted by Crippen LogP contribution is 2.22. The van der Waals surface area contributed by atoms with Gasteiger partial charge < -0.3 is 10.2 Å². The van der Waals surface area contributed by atoms with E-state index in [1.54, 1.807) is 11.8 Å². The molecule has 2 aromatic carbocycles. The number of rotatable bonds is 5. The summed E-state index contributed by atoms with van der Waals surface area (Å²) in [5.41, 5.74) is 0.548. The van der Waals surface area contributed by atoms with Crippen LogP contribution in [0.15, 0.2) is 47.4 Å². The summed E-state index contributed by atoms with van der Waals surface area (Å²) in [6, 6.07) is 9.45. The number of nitrogens with zero attached hydrogens (tertiary/aromatic N) is 6. The quantitative estimate of drug-likeness (QED) is 0.573. The minimum Gasteiger partial charge on any atom is -0.340 e. The molecule has 1 aromatic heterocycles. The summed E-state index contributed by atoms with van der Waals surface area (Å²) < 4.78 is 42.8. The fourth-order valence-corrected chi connectivity index (χ4v) is 5.00. The van der Waals surface area contributed by atoms with E-state index in [0.29, 0.717) is 24.6 Å². The van der Waals surface area contributed by atoms with E-state index in [4.69, 9.17) is 0 Å². The molecular weight excluding hydrogens is 465 g/mol. The van der Waals surface area contributed by atoms with Gasteiger partial charge in [0.2, 0.25) is 15.9 Å². The number of anilines is 1. The largest absolute Gasteiger partial charge is 0.340 e. The van der Waals surface area contributed by atoms with E-state index >= 15 is 0 Å². The van der Waals surface area contributed by atoms with Gasteiger partial charge >= 0.3 is 0 Å². The van der Waals surface area contributed by atoms with E-state index in [0.717, 1.165) is 0 Å². The molecule has 13 heteroatoms. The zero-order valence-electron chi connectivity index (χ0n) is 18.5. The molecule has 178 valence electrons. The van der Waals surface area contributed by atoms with Crippen LogP contribution in [0, 0.1) is 12.7 Å². The number of sulfonamides is 1. The second kappa shape index (κ2) is 9.27. The second-order valence-electron chi connectivity index (χ2n) is 7.69. The highest BCUT2D eigenvalue weighted by Gasteiger charge is 2.29. The van der Waals surface area contributed by atoms with Gasteiger partial charge in [-0.25, -0.2) is 12.8 Å². The zero-order valence-corrected chi connectivity index (χ0v) is 19.3. The van der Waals surface area contributed by atoms with Crippen LogP contribution in [0.25, 0.3) is 5.69 Å². The number of hydrogen-bond donors (Lipinski definition) is 1. The van der Waals surface area contributed by atoms with Crippen LogP contribution in [0.1, 0.15) is 23.1 Å². The maximum Gasteiger partial charge on any atom is 0.255 e. The Hall–Kier alpha value is -3.71. The Morgan fingerprint density at radius 1 is 1.03 bits per heavy atom. The summed E-state index contributed by atoms with van der Waals surface area (Å²) in [5.74, 6) is -0.860. The summed E-state index contributed by atoms with van der Waals surface area (Å²) in [4.78, 5) is 25.8. The van der Waals surface area contributed by atoms with Crippen LogP contribution in [0.2, 0.25) is 0 Å². The summed E-state index contributed by atoms with van der Waals surface area (Å²) in [5, 5.41) is 13.6. The van der Waals surface area contributed by atoms with Crippen molar-refractivity contribution in [3.63, 3.8) is 0 Å². The number of tetrazole rings is 1. The lowest BCUT2D eigenvalue weighted by Crippen LogP contribution is -2.49. The van der Waals surface area contributed by atoms with Crippen molar-refractivity contribution in [3.8, 4) is 5.69 Å². The number of carbonyl (C=O) groups excluding carboxylic acids is 2. The Morgan fingerprint density at radius 3 is 2.29 bits per heavy atom. The van der Waals surface area contributed by atoms with Gasteiger partial charge in [0.1, 0.15) is 5.82 Å². The molecule has 2 amide bonds. The maximum absolute atomic E-state index is 14.3. The average molecular weight is 488 g/mol. The first-order chi connectivity index (χ1) is 16.2. The Balaban J connectivity index is 1.48. The number of halogens is 1. The maximum atomic E-state index is 14.3. The smallest absolute Gasteiger partial charge is 0.255 e. The van der Waals surface area contributed by atoms with Crippen LogP contribution < -0.4 is 5.32 Å². The van der Waals surface area contributed by atoms with Gasteiger partial charge in [-0.2, -0.15) is 8.99 Å². The van der Waals surface area contributed by atoms with Gasteiger partial charge in [0.25, 0.3) is 5.91 Å². The predicted octanol–water partition coefficient (Wildman–Crippen LogP) is 1.21. The molecule has 34 heavy (non-hydrogen) atoms. The topological polar surface area (TPSA) is 130 Å². The van der Waals surface area contributed by atoms with E-state index in [1.165, 1.54) is 58.4 Å². The molecule has 0 saturated carbocycles. The van der Waals surface area contributed by atoms with Crippen LogP contribution in [0.4, 0.5) is 10.1 Å². The minimum absolute atomic E-state index is 0.0302. The normalized spacial score (nSPS) is 14.7. The molecule has 11 nitrogen and oxygen atoms in total. The second-order valence-corrected chi connectivity index (χ2v) is 9.63. The Morgan fingerprint density at radius 2 is 1.71 bits per heavy atom. The lowest BCUT2D eigenvalue weighted by atomic mass is 10.2. The van der Waals surface area contributed by atoms with Gasteiger partial charge in [-0.1, -0.05) is 0 Å². The van der Waals surface area contributed by atoms with Crippen molar-refractivity contribution < 1.29 is 22.4 Å². The highest BCUT2D eigenvalue weighted by molar-refractivity contribution is 7.89. The van der Waals surface area contributed by atoms with Crippen LogP contribution in [-0.2, 0) is 14.8 Å². The zero-order chi connectivity index (χ0) is 24.5. The third kappa shape index (κ3) is 4.65. The average Bonchev–Trinajstić information content (AvgIpc) is 3.26. The van der Waals surface area contributed by atoms with Gasteiger partial charge in [0.05, 0.1) is 16.3 Å². The fraction of sp³-hybridized carbons (Fsp3) is 0.286. The number of nitrogens with one attached hydrogen (secondary N) is 1. The number of aryl methyl sites for hydroxylation is 1. The standard InChI is InChI=1S/C21H22FN7O4S/c1-14-24-25-26-29(14)17-5-8-19(22)20(13-17)23-21(31)16-3-6-18(7-4-16)34(32,33)28-11-9-27(10-12-28)15(2)30/h3-8,13H,9-12H2,1-2H3,(H,23,31). The highest BCUT2D eigenvalue weighted by atomic mass is 32.2. The number of amides is 2. The summed E-state index contributed by atoms with van der Waals surface area (Å²) in [6.45, 7) is 4.16. The van der Waals surface area contributed by atoms with Crippen molar-refractivity contribution in [1.82, 2.24) is 29.4 Å². The first-order valence-corrected chi connectivity index (χ1v) is 11.8. The van der Waals surface area contributed by atoms with Gasteiger partial charge in [0, 0.05) is 38.7 Å². The fourth-order valence-electron chi connectivity index (χ4n) is 3.58. The Kier molecular flexibility index (Phi) is 6.39. The van der Waals surface area contributed by atoms with Crippen LogP contribution in [0.3, 0.4) is 0 Å². The van der Waals surface area contributed by atoms with Crippen LogP contribution >= 0.6 is 0 Å². The molecule has 1 aliphatic rings. The molecule has 0 bridgehead atoms. The molecule has 0 unspecified atom stereocenters. The van der Waals surface area contributed by atoms with Crippen molar-refractivity contribution in [2.24, 2.45) is 0 Å². The minimum atomic E-state index is -3.77. The Bertz CT molecular complexity index is 1330. The number of hydrogen-bond acceptors (Lipinski definition) is 7. The SMILES string of the molecule is CC(=O)N1CCN(S(=O)(=O)c2ccc(C(=O)Nc3cc(-n4nnnc4C)ccc3F)cc2)CC1. The molecule has 2 heterocycles. The first-order valence-electron chi connectivity index (χ1n) is 10.4. The molecular formula is C21H22FN7O4S. The number of carbonyl (C=O) groups is 2. The van der Waals surface area contributed by atoms with E-state index < -0.39 is 21.7 Å². The summed E-state index contributed by atoms with van der Waals surface area (Å²) in [6.07, 6.45) is 0. The third-order valence-corrected chi connectivity index (χ3v) is 7.42. The van der Waals surface area contributed by atoms with Crippen molar-refractivity contribution in [2.75, 3.05) is 31.5 Å². The first kappa shape index (κ1) is 23.4. The molecule has 0 radical (unpaired) electrons. The molecule has 3 aromatic rings. The molecule has 0 aliphatic carbocycles. The van der Waals surface area contributed by atoms with Gasteiger partial charge in [0.15, 0.2) is 5.82 Å². The third-order valence-electron chi connectivity index (χ3n) is 5.51. The van der Waals surface area contributed by atoms with Gasteiger partial charge in [-0.15, -0.1) is 5.10 Å². The molecule has 1 aliphatic heterocycles. The number of aromatic nitrogens is 4. The van der Waals surface area contributed by atoms with Crippen molar-refractivity contribution >= 4 is 27.5 Å². The molecule has 1 N–H and O–H groups in total. The van der Waals surface area contributed by atoms with Gasteiger partial charge in [-0.05, 0) is 59.8 Å². The summed E-state index contributed by atoms with van der Waals surface area (Å²) >= 11 is 0. The van der Waals surface area contributed by atoms with Crippen molar-refractivity contribution in [2.45, 2.75) is 18.7 Å². The summed E-state index contributed by atoms with van der Waals surface area (Å²) in [7, 11) is -3.77. The van der Waals surface area contributed by atoms with Crippen LogP contribution in [0.5, 0.6) is 0 Å². The molecule has 0 spiro atoms. The van der Waals surface area contributed by atoms with E-state index in [2.05, 4.69) is 20.8 Å². The Labute approximate surface area is 195 Å².